The molecule has 0 atom stereocenters. The maximum atomic E-state index is 12.9. The maximum absolute atomic E-state index is 12.9. The van der Waals surface area contributed by atoms with E-state index in [4.69, 9.17) is 9.47 Å². The van der Waals surface area contributed by atoms with Crippen LogP contribution in [0.2, 0.25) is 0 Å². The molecule has 8 heteroatoms. The van der Waals surface area contributed by atoms with Gasteiger partial charge in [0.25, 0.3) is 5.91 Å². The van der Waals surface area contributed by atoms with Crippen LogP contribution in [0.15, 0.2) is 40.9 Å². The minimum absolute atomic E-state index is 0.118. The minimum Gasteiger partial charge on any atom is -0.495 e. The highest BCUT2D eigenvalue weighted by Gasteiger charge is 2.26. The number of carbonyl (C=O) groups is 2. The van der Waals surface area contributed by atoms with Crippen LogP contribution in [0.5, 0.6) is 11.5 Å². The van der Waals surface area contributed by atoms with Crippen molar-refractivity contribution in [3.05, 3.63) is 52.0 Å². The van der Waals surface area contributed by atoms with Crippen molar-refractivity contribution >= 4 is 33.6 Å². The lowest BCUT2D eigenvalue weighted by Gasteiger charge is -2.34. The van der Waals surface area contributed by atoms with E-state index in [9.17, 15) is 9.59 Å². The van der Waals surface area contributed by atoms with Gasteiger partial charge in [0.2, 0.25) is 0 Å². The first-order valence-corrected chi connectivity index (χ1v) is 10.1. The molecule has 0 bridgehead atoms. The third-order valence-electron chi connectivity index (χ3n) is 4.82. The Kier molecular flexibility index (Phi) is 6.64. The summed E-state index contributed by atoms with van der Waals surface area (Å²) in [5.74, 6) is 0.945. The van der Waals surface area contributed by atoms with Gasteiger partial charge in [-0.3, -0.25) is 4.79 Å². The lowest BCUT2D eigenvalue weighted by atomic mass is 10.1. The van der Waals surface area contributed by atoms with Gasteiger partial charge >= 0.3 is 6.03 Å². The number of nitrogens with zero attached hydrogens (tertiary/aromatic N) is 2. The zero-order valence-electron chi connectivity index (χ0n) is 16.7. The number of benzene rings is 2. The molecule has 1 heterocycles. The maximum Gasteiger partial charge on any atom is 0.321 e. The molecule has 29 heavy (non-hydrogen) atoms. The molecule has 2 aromatic carbocycles. The van der Waals surface area contributed by atoms with Gasteiger partial charge in [-0.05, 0) is 52.7 Å². The molecule has 0 saturated carbocycles. The predicted molar refractivity (Wildman–Crippen MR) is 115 cm³/mol. The zero-order valence-corrected chi connectivity index (χ0v) is 18.3. The Bertz CT molecular complexity index is 886. The lowest BCUT2D eigenvalue weighted by Crippen LogP contribution is -2.51. The number of hydrogen-bond donors (Lipinski definition) is 1. The normalized spacial score (nSPS) is 13.8. The number of nitrogens with one attached hydrogen (secondary N) is 1. The van der Waals surface area contributed by atoms with Gasteiger partial charge in [-0.1, -0.05) is 12.1 Å². The molecule has 3 amide bonds. The van der Waals surface area contributed by atoms with Crippen LogP contribution >= 0.6 is 15.9 Å². The standard InChI is InChI=1S/C21H24BrN3O4/c1-14-5-4-6-16(11-14)23-21(27)25-9-7-24(8-10-25)20(26)15-12-17(28-2)19(22)18(13-15)29-3/h4-6,11-13H,7-10H2,1-3H3,(H,23,27). The van der Waals surface area contributed by atoms with Crippen molar-refractivity contribution in [3.8, 4) is 11.5 Å². The summed E-state index contributed by atoms with van der Waals surface area (Å²) < 4.78 is 11.3. The third-order valence-corrected chi connectivity index (χ3v) is 5.60. The molecule has 1 aliphatic rings. The Morgan fingerprint density at radius 3 is 2.10 bits per heavy atom. The fourth-order valence-corrected chi connectivity index (χ4v) is 3.77. The molecular weight excluding hydrogens is 438 g/mol. The second kappa shape index (κ2) is 9.17. The Hall–Kier alpha value is -2.74. The largest absolute Gasteiger partial charge is 0.495 e. The monoisotopic (exact) mass is 461 g/mol. The molecule has 0 aliphatic carbocycles. The zero-order chi connectivity index (χ0) is 21.0. The highest BCUT2D eigenvalue weighted by Crippen LogP contribution is 2.36. The summed E-state index contributed by atoms with van der Waals surface area (Å²) in [6.45, 7) is 3.83. The van der Waals surface area contributed by atoms with Crippen LogP contribution in [0.25, 0.3) is 0 Å². The van der Waals surface area contributed by atoms with Gasteiger partial charge in [-0.25, -0.2) is 4.79 Å². The molecule has 0 unspecified atom stereocenters. The van der Waals surface area contributed by atoms with Crippen molar-refractivity contribution in [2.24, 2.45) is 0 Å². The van der Waals surface area contributed by atoms with E-state index in [0.29, 0.717) is 47.7 Å². The van der Waals surface area contributed by atoms with Gasteiger partial charge in [0.1, 0.15) is 16.0 Å². The van der Waals surface area contributed by atoms with Crippen LogP contribution < -0.4 is 14.8 Å². The van der Waals surface area contributed by atoms with Crippen LogP contribution in [0.1, 0.15) is 15.9 Å². The highest BCUT2D eigenvalue weighted by molar-refractivity contribution is 9.10. The first-order chi connectivity index (χ1) is 13.9. The topological polar surface area (TPSA) is 71.1 Å². The lowest BCUT2D eigenvalue weighted by molar-refractivity contribution is 0.0671. The van der Waals surface area contributed by atoms with Gasteiger partial charge in [0, 0.05) is 37.4 Å². The van der Waals surface area contributed by atoms with Crippen molar-refractivity contribution in [2.75, 3.05) is 45.7 Å². The molecule has 1 saturated heterocycles. The fourth-order valence-electron chi connectivity index (χ4n) is 3.21. The van der Waals surface area contributed by atoms with Crippen molar-refractivity contribution in [1.82, 2.24) is 9.80 Å². The first-order valence-electron chi connectivity index (χ1n) is 9.26. The minimum atomic E-state index is -0.158. The van der Waals surface area contributed by atoms with Crippen molar-refractivity contribution in [3.63, 3.8) is 0 Å². The molecule has 2 aromatic rings. The first kappa shape index (κ1) is 21.0. The molecule has 154 valence electrons. The summed E-state index contributed by atoms with van der Waals surface area (Å²) in [5.41, 5.74) is 2.33. The SMILES string of the molecule is COc1cc(C(=O)N2CCN(C(=O)Nc3cccc(C)c3)CC2)cc(OC)c1Br. The summed E-state index contributed by atoms with van der Waals surface area (Å²) in [4.78, 5) is 28.9. The molecule has 7 nitrogen and oxygen atoms in total. The number of anilines is 1. The van der Waals surface area contributed by atoms with E-state index in [1.165, 1.54) is 0 Å². The number of urea groups is 1. The van der Waals surface area contributed by atoms with E-state index in [2.05, 4.69) is 21.2 Å². The Labute approximate surface area is 178 Å². The number of hydrogen-bond acceptors (Lipinski definition) is 4. The van der Waals surface area contributed by atoms with Gasteiger partial charge in [-0.2, -0.15) is 0 Å². The number of methoxy groups -OCH3 is 2. The number of aryl methyl sites for hydroxylation is 1. The number of rotatable bonds is 4. The van der Waals surface area contributed by atoms with Crippen molar-refractivity contribution in [1.29, 1.82) is 0 Å². The fraction of sp³-hybridized carbons (Fsp3) is 0.333. The number of piperazine rings is 1. The molecule has 0 radical (unpaired) electrons. The summed E-state index contributed by atoms with van der Waals surface area (Å²) in [6, 6.07) is 10.9. The molecular formula is C21H24BrN3O4. The molecule has 1 N–H and O–H groups in total. The number of amides is 3. The van der Waals surface area contributed by atoms with Crippen molar-refractivity contribution < 1.29 is 19.1 Å². The molecule has 0 spiro atoms. The number of ether oxygens (including phenoxy) is 2. The van der Waals surface area contributed by atoms with Gasteiger partial charge in [0.15, 0.2) is 0 Å². The number of carbonyl (C=O) groups excluding carboxylic acids is 2. The molecule has 1 aliphatic heterocycles. The van der Waals surface area contributed by atoms with Crippen molar-refractivity contribution in [2.45, 2.75) is 6.92 Å². The van der Waals surface area contributed by atoms with E-state index in [-0.39, 0.29) is 11.9 Å². The van der Waals surface area contributed by atoms with Gasteiger partial charge in [-0.15, -0.1) is 0 Å². The quantitative estimate of drug-likeness (QED) is 0.751. The molecule has 3 rings (SSSR count). The van der Waals surface area contributed by atoms with Crippen LogP contribution in [0, 0.1) is 6.92 Å². The Morgan fingerprint density at radius 1 is 0.966 bits per heavy atom. The summed E-state index contributed by atoms with van der Waals surface area (Å²) >= 11 is 3.41. The molecule has 0 aromatic heterocycles. The average Bonchev–Trinajstić information content (AvgIpc) is 2.73. The molecule has 1 fully saturated rings. The highest BCUT2D eigenvalue weighted by atomic mass is 79.9. The van der Waals surface area contributed by atoms with Gasteiger partial charge < -0.3 is 24.6 Å². The summed E-state index contributed by atoms with van der Waals surface area (Å²) in [6.07, 6.45) is 0. The van der Waals surface area contributed by atoms with Crippen LogP contribution in [-0.2, 0) is 0 Å². The van der Waals surface area contributed by atoms with E-state index in [1.54, 1.807) is 36.2 Å². The van der Waals surface area contributed by atoms with E-state index >= 15 is 0 Å². The van der Waals surface area contributed by atoms with Crippen LogP contribution in [0.3, 0.4) is 0 Å². The van der Waals surface area contributed by atoms with E-state index in [1.807, 2.05) is 31.2 Å². The van der Waals surface area contributed by atoms with Crippen LogP contribution in [0.4, 0.5) is 10.5 Å². The summed E-state index contributed by atoms with van der Waals surface area (Å²) in [5, 5.41) is 2.91. The third kappa shape index (κ3) is 4.82. The Balaban J connectivity index is 1.63. The second-order valence-electron chi connectivity index (χ2n) is 6.77. The van der Waals surface area contributed by atoms with Gasteiger partial charge in [0.05, 0.1) is 14.2 Å². The second-order valence-corrected chi connectivity index (χ2v) is 7.57. The average molecular weight is 462 g/mol. The van der Waals surface area contributed by atoms with E-state index < -0.39 is 0 Å². The Morgan fingerprint density at radius 2 is 1.55 bits per heavy atom. The summed E-state index contributed by atoms with van der Waals surface area (Å²) in [7, 11) is 3.08. The predicted octanol–water partition coefficient (Wildman–Crippen LogP) is 3.76. The van der Waals surface area contributed by atoms with E-state index in [0.717, 1.165) is 11.3 Å². The van der Waals surface area contributed by atoms with Crippen LogP contribution in [-0.4, -0.2) is 62.1 Å². The smallest absolute Gasteiger partial charge is 0.321 e. The number of halogens is 1.